The average Bonchev–Trinajstić information content (AvgIpc) is 1.98. The maximum Gasteiger partial charge on any atom is 0.317 e. The predicted octanol–water partition coefficient (Wildman–Crippen LogP) is -0.101. The SMILES string of the molecule is CCC(N)CC(C(=O)O)C(=O)O. The monoisotopic (exact) mass is 175 g/mol. The highest BCUT2D eigenvalue weighted by Gasteiger charge is 2.27. The van der Waals surface area contributed by atoms with Crippen molar-refractivity contribution in [3.05, 3.63) is 0 Å². The van der Waals surface area contributed by atoms with E-state index < -0.39 is 17.9 Å². The minimum absolute atomic E-state index is 0.0127. The Kier molecular flexibility index (Phi) is 4.28. The van der Waals surface area contributed by atoms with Crippen molar-refractivity contribution < 1.29 is 19.8 Å². The number of nitrogens with two attached hydrogens (primary N) is 1. The highest BCUT2D eigenvalue weighted by Crippen LogP contribution is 2.08. The van der Waals surface area contributed by atoms with E-state index in [9.17, 15) is 9.59 Å². The van der Waals surface area contributed by atoms with Crippen LogP contribution in [0.5, 0.6) is 0 Å². The molecule has 0 amide bonds. The molecule has 4 N–H and O–H groups in total. The molecule has 12 heavy (non-hydrogen) atoms. The third-order valence-corrected chi connectivity index (χ3v) is 1.66. The zero-order chi connectivity index (χ0) is 9.72. The van der Waals surface area contributed by atoms with Crippen molar-refractivity contribution in [2.24, 2.45) is 11.7 Å². The van der Waals surface area contributed by atoms with Crippen LogP contribution in [0.25, 0.3) is 0 Å². The summed E-state index contributed by atoms with van der Waals surface area (Å²) in [5.74, 6) is -4.03. The van der Waals surface area contributed by atoms with Crippen molar-refractivity contribution >= 4 is 11.9 Å². The van der Waals surface area contributed by atoms with Gasteiger partial charge >= 0.3 is 11.9 Å². The van der Waals surface area contributed by atoms with Crippen LogP contribution in [0.4, 0.5) is 0 Å². The van der Waals surface area contributed by atoms with Gasteiger partial charge in [-0.1, -0.05) is 6.92 Å². The first-order chi connectivity index (χ1) is 5.49. The van der Waals surface area contributed by atoms with E-state index >= 15 is 0 Å². The Hall–Kier alpha value is -1.10. The highest BCUT2D eigenvalue weighted by atomic mass is 16.4. The summed E-state index contributed by atoms with van der Waals surface area (Å²) in [6.45, 7) is 1.78. The molecular weight excluding hydrogens is 162 g/mol. The van der Waals surface area contributed by atoms with E-state index in [0.717, 1.165) is 0 Å². The summed E-state index contributed by atoms with van der Waals surface area (Å²) in [7, 11) is 0. The van der Waals surface area contributed by atoms with E-state index in [1.807, 2.05) is 0 Å². The van der Waals surface area contributed by atoms with E-state index in [2.05, 4.69) is 0 Å². The summed E-state index contributed by atoms with van der Waals surface area (Å²) in [4.78, 5) is 20.7. The van der Waals surface area contributed by atoms with Gasteiger partial charge in [0.1, 0.15) is 0 Å². The zero-order valence-corrected chi connectivity index (χ0v) is 6.86. The molecule has 0 heterocycles. The van der Waals surface area contributed by atoms with Gasteiger partial charge in [-0.3, -0.25) is 9.59 Å². The normalized spacial score (nSPS) is 12.9. The third kappa shape index (κ3) is 3.34. The summed E-state index contributed by atoms with van der Waals surface area (Å²) in [5, 5.41) is 16.9. The molecule has 0 aromatic heterocycles. The molecule has 0 aromatic carbocycles. The van der Waals surface area contributed by atoms with Crippen LogP contribution in [0, 0.1) is 5.92 Å². The minimum Gasteiger partial charge on any atom is -0.481 e. The molecule has 70 valence electrons. The van der Waals surface area contributed by atoms with E-state index in [1.165, 1.54) is 0 Å². The second-order valence-corrected chi connectivity index (χ2v) is 2.63. The number of hydrogen-bond donors (Lipinski definition) is 3. The van der Waals surface area contributed by atoms with Gasteiger partial charge < -0.3 is 15.9 Å². The molecule has 0 radical (unpaired) electrons. The second kappa shape index (κ2) is 4.71. The number of carboxylic acids is 2. The molecule has 1 unspecified atom stereocenters. The first-order valence-electron chi connectivity index (χ1n) is 3.70. The van der Waals surface area contributed by atoms with Crippen molar-refractivity contribution in [2.75, 3.05) is 0 Å². The number of rotatable bonds is 5. The Morgan fingerprint density at radius 1 is 1.33 bits per heavy atom. The molecule has 0 aliphatic heterocycles. The van der Waals surface area contributed by atoms with Crippen molar-refractivity contribution in [1.29, 1.82) is 0 Å². The Morgan fingerprint density at radius 2 is 1.75 bits per heavy atom. The molecule has 0 aliphatic carbocycles. The summed E-state index contributed by atoms with van der Waals surface area (Å²) in [6, 6.07) is -0.359. The summed E-state index contributed by atoms with van der Waals surface area (Å²) in [6.07, 6.45) is 0.568. The highest BCUT2D eigenvalue weighted by molar-refractivity contribution is 5.92. The van der Waals surface area contributed by atoms with Crippen LogP contribution < -0.4 is 5.73 Å². The number of aliphatic carboxylic acids is 2. The molecule has 5 heteroatoms. The van der Waals surface area contributed by atoms with Gasteiger partial charge in [-0.2, -0.15) is 0 Å². The average molecular weight is 175 g/mol. The van der Waals surface area contributed by atoms with Crippen molar-refractivity contribution in [1.82, 2.24) is 0 Å². The van der Waals surface area contributed by atoms with Crippen molar-refractivity contribution in [2.45, 2.75) is 25.8 Å². The van der Waals surface area contributed by atoms with Crippen molar-refractivity contribution in [3.8, 4) is 0 Å². The smallest absolute Gasteiger partial charge is 0.317 e. The quantitative estimate of drug-likeness (QED) is 0.506. The van der Waals surface area contributed by atoms with Gasteiger partial charge in [0, 0.05) is 6.04 Å². The Morgan fingerprint density at radius 3 is 2.00 bits per heavy atom. The molecule has 1 atom stereocenters. The van der Waals surface area contributed by atoms with Crippen molar-refractivity contribution in [3.63, 3.8) is 0 Å². The van der Waals surface area contributed by atoms with E-state index in [0.29, 0.717) is 6.42 Å². The van der Waals surface area contributed by atoms with Crippen LogP contribution in [0.1, 0.15) is 19.8 Å². The summed E-state index contributed by atoms with van der Waals surface area (Å²) >= 11 is 0. The van der Waals surface area contributed by atoms with Gasteiger partial charge in [0.2, 0.25) is 0 Å². The summed E-state index contributed by atoms with van der Waals surface area (Å²) < 4.78 is 0. The number of carbonyl (C=O) groups is 2. The lowest BCUT2D eigenvalue weighted by atomic mass is 9.99. The predicted molar refractivity (Wildman–Crippen MR) is 41.6 cm³/mol. The van der Waals surface area contributed by atoms with E-state index in [4.69, 9.17) is 15.9 Å². The van der Waals surface area contributed by atoms with Gasteiger partial charge in [0.05, 0.1) is 0 Å². The number of carboxylic acid groups (broad SMARTS) is 2. The maximum absolute atomic E-state index is 10.4. The van der Waals surface area contributed by atoms with Crippen LogP contribution in [-0.2, 0) is 9.59 Å². The van der Waals surface area contributed by atoms with Gasteiger partial charge in [0.15, 0.2) is 5.92 Å². The van der Waals surface area contributed by atoms with Gasteiger partial charge in [-0.05, 0) is 12.8 Å². The lowest BCUT2D eigenvalue weighted by Crippen LogP contribution is -2.31. The second-order valence-electron chi connectivity index (χ2n) is 2.63. The third-order valence-electron chi connectivity index (χ3n) is 1.66. The Balaban J connectivity index is 4.14. The molecule has 0 saturated heterocycles. The molecule has 0 aromatic rings. The largest absolute Gasteiger partial charge is 0.481 e. The molecular formula is C7H13NO4. The lowest BCUT2D eigenvalue weighted by molar-refractivity contribution is -0.155. The van der Waals surface area contributed by atoms with Crippen LogP contribution in [-0.4, -0.2) is 28.2 Å². The topological polar surface area (TPSA) is 101 Å². The first-order valence-corrected chi connectivity index (χ1v) is 3.70. The Bertz CT molecular complexity index is 166. The van der Waals surface area contributed by atoms with Gasteiger partial charge in [-0.15, -0.1) is 0 Å². The fraction of sp³-hybridized carbons (Fsp3) is 0.714. The summed E-state index contributed by atoms with van der Waals surface area (Å²) in [5.41, 5.74) is 5.42. The van der Waals surface area contributed by atoms with Crippen LogP contribution in [0.15, 0.2) is 0 Å². The molecule has 0 aliphatic rings. The molecule has 0 saturated carbocycles. The van der Waals surface area contributed by atoms with Gasteiger partial charge in [-0.25, -0.2) is 0 Å². The van der Waals surface area contributed by atoms with E-state index in [1.54, 1.807) is 6.92 Å². The first kappa shape index (κ1) is 10.9. The Labute approximate surface area is 70.2 Å². The molecule has 5 nitrogen and oxygen atoms in total. The maximum atomic E-state index is 10.4. The molecule has 0 fully saturated rings. The van der Waals surface area contributed by atoms with Crippen LogP contribution in [0.3, 0.4) is 0 Å². The molecule has 0 spiro atoms. The standard InChI is InChI=1S/C7H13NO4/c1-2-4(8)3-5(6(9)10)7(11)12/h4-5H,2-3,8H2,1H3,(H,9,10)(H,11,12). The fourth-order valence-corrected chi connectivity index (χ4v) is 0.777. The van der Waals surface area contributed by atoms with Gasteiger partial charge in [0.25, 0.3) is 0 Å². The molecule has 0 rings (SSSR count). The van der Waals surface area contributed by atoms with Crippen LogP contribution in [0.2, 0.25) is 0 Å². The lowest BCUT2D eigenvalue weighted by Gasteiger charge is -2.11. The number of hydrogen-bond acceptors (Lipinski definition) is 3. The molecule has 0 bridgehead atoms. The fourth-order valence-electron chi connectivity index (χ4n) is 0.777. The zero-order valence-electron chi connectivity index (χ0n) is 6.86. The minimum atomic E-state index is -1.38. The van der Waals surface area contributed by atoms with Crippen LogP contribution >= 0.6 is 0 Å². The van der Waals surface area contributed by atoms with E-state index in [-0.39, 0.29) is 12.5 Å².